The van der Waals surface area contributed by atoms with Crippen LogP contribution in [-0.2, 0) is 11.2 Å². The Morgan fingerprint density at radius 2 is 2.33 bits per heavy atom. The zero-order valence-corrected chi connectivity index (χ0v) is 12.6. The van der Waals surface area contributed by atoms with Gasteiger partial charge in [-0.05, 0) is 50.3 Å². The van der Waals surface area contributed by atoms with E-state index in [-0.39, 0.29) is 23.5 Å². The summed E-state index contributed by atoms with van der Waals surface area (Å²) >= 11 is 0. The molecule has 0 bridgehead atoms. The number of amides is 1. The number of methoxy groups -OCH3 is 1. The van der Waals surface area contributed by atoms with Gasteiger partial charge in [0.25, 0.3) is 0 Å². The number of halogens is 1. The summed E-state index contributed by atoms with van der Waals surface area (Å²) < 4.78 is 19.2. The molecule has 2 unspecified atom stereocenters. The Balaban J connectivity index is 2.01. The number of carbonyl (C=O) groups excluding carboxylic acids is 1. The standard InChI is InChI=1S/C16H23FN2O2/c1-3-18-16(20)13-10-11(7-8-19-13)9-12-5-4-6-14(21-2)15(12)17/h4-6,11,13,19H,3,7-10H2,1-2H3,(H,18,20). The fraction of sp³-hybridized carbons (Fsp3) is 0.562. The maximum absolute atomic E-state index is 14.2. The van der Waals surface area contributed by atoms with Crippen LogP contribution in [0.15, 0.2) is 18.2 Å². The Labute approximate surface area is 125 Å². The van der Waals surface area contributed by atoms with Gasteiger partial charge in [0.2, 0.25) is 5.91 Å². The monoisotopic (exact) mass is 294 g/mol. The van der Waals surface area contributed by atoms with Gasteiger partial charge in [0.05, 0.1) is 13.2 Å². The molecule has 5 heteroatoms. The Morgan fingerprint density at radius 1 is 1.52 bits per heavy atom. The van der Waals surface area contributed by atoms with Crippen molar-refractivity contribution in [3.8, 4) is 5.75 Å². The van der Waals surface area contributed by atoms with Crippen LogP contribution in [0.3, 0.4) is 0 Å². The van der Waals surface area contributed by atoms with E-state index in [1.807, 2.05) is 6.92 Å². The number of hydrogen-bond donors (Lipinski definition) is 2. The molecule has 2 rings (SSSR count). The highest BCUT2D eigenvalue weighted by Gasteiger charge is 2.27. The Hall–Kier alpha value is -1.62. The molecule has 1 aliphatic rings. The number of piperidine rings is 1. The van der Waals surface area contributed by atoms with Gasteiger partial charge in [0.15, 0.2) is 11.6 Å². The van der Waals surface area contributed by atoms with E-state index >= 15 is 0 Å². The largest absolute Gasteiger partial charge is 0.494 e. The van der Waals surface area contributed by atoms with Gasteiger partial charge in [-0.25, -0.2) is 4.39 Å². The minimum absolute atomic E-state index is 0.0355. The maximum Gasteiger partial charge on any atom is 0.237 e. The molecule has 4 nitrogen and oxygen atoms in total. The van der Waals surface area contributed by atoms with Gasteiger partial charge in [-0.2, -0.15) is 0 Å². The average molecular weight is 294 g/mol. The van der Waals surface area contributed by atoms with Crippen molar-refractivity contribution in [3.63, 3.8) is 0 Å². The lowest BCUT2D eigenvalue weighted by Crippen LogP contribution is -2.49. The molecule has 0 aliphatic carbocycles. The lowest BCUT2D eigenvalue weighted by molar-refractivity contribution is -0.123. The molecule has 0 aromatic heterocycles. The Bertz CT molecular complexity index is 493. The summed E-state index contributed by atoms with van der Waals surface area (Å²) in [6.45, 7) is 3.33. The van der Waals surface area contributed by atoms with Gasteiger partial charge in [0.1, 0.15) is 0 Å². The summed E-state index contributed by atoms with van der Waals surface area (Å²) in [6, 6.07) is 5.05. The number of ether oxygens (including phenoxy) is 1. The van der Waals surface area contributed by atoms with Crippen LogP contribution in [0.5, 0.6) is 5.75 Å². The summed E-state index contributed by atoms with van der Waals surface area (Å²) in [5, 5.41) is 6.06. The fourth-order valence-electron chi connectivity index (χ4n) is 2.86. The van der Waals surface area contributed by atoms with Crippen molar-refractivity contribution in [2.75, 3.05) is 20.2 Å². The van der Waals surface area contributed by atoms with E-state index in [0.717, 1.165) is 19.4 Å². The van der Waals surface area contributed by atoms with Crippen LogP contribution in [0.25, 0.3) is 0 Å². The summed E-state index contributed by atoms with van der Waals surface area (Å²) in [4.78, 5) is 11.9. The molecule has 0 radical (unpaired) electrons. The third kappa shape index (κ3) is 3.94. The molecule has 2 atom stereocenters. The second-order valence-electron chi connectivity index (χ2n) is 5.43. The quantitative estimate of drug-likeness (QED) is 0.872. The highest BCUT2D eigenvalue weighted by molar-refractivity contribution is 5.81. The van der Waals surface area contributed by atoms with Crippen LogP contribution in [0, 0.1) is 11.7 Å². The van der Waals surface area contributed by atoms with Crippen molar-refractivity contribution < 1.29 is 13.9 Å². The van der Waals surface area contributed by atoms with Gasteiger partial charge in [0, 0.05) is 6.54 Å². The molecule has 1 aromatic carbocycles. The minimum Gasteiger partial charge on any atom is -0.494 e. The van der Waals surface area contributed by atoms with Gasteiger partial charge in [-0.1, -0.05) is 12.1 Å². The van der Waals surface area contributed by atoms with Crippen molar-refractivity contribution in [1.29, 1.82) is 0 Å². The van der Waals surface area contributed by atoms with Crippen LogP contribution >= 0.6 is 0 Å². The molecule has 2 N–H and O–H groups in total. The molecule has 1 amide bonds. The van der Waals surface area contributed by atoms with Crippen molar-refractivity contribution in [2.45, 2.75) is 32.2 Å². The number of nitrogens with one attached hydrogen (secondary N) is 2. The zero-order chi connectivity index (χ0) is 15.2. The van der Waals surface area contributed by atoms with Gasteiger partial charge in [-0.15, -0.1) is 0 Å². The molecule has 0 spiro atoms. The van der Waals surface area contributed by atoms with Gasteiger partial charge >= 0.3 is 0 Å². The summed E-state index contributed by atoms with van der Waals surface area (Å²) in [6.07, 6.45) is 2.33. The van der Waals surface area contributed by atoms with Crippen molar-refractivity contribution in [2.24, 2.45) is 5.92 Å². The van der Waals surface area contributed by atoms with E-state index in [9.17, 15) is 9.18 Å². The second-order valence-corrected chi connectivity index (χ2v) is 5.43. The third-order valence-electron chi connectivity index (χ3n) is 3.95. The smallest absolute Gasteiger partial charge is 0.237 e. The van der Waals surface area contributed by atoms with Crippen LogP contribution in [0.1, 0.15) is 25.3 Å². The van der Waals surface area contributed by atoms with Crippen molar-refractivity contribution in [1.82, 2.24) is 10.6 Å². The van der Waals surface area contributed by atoms with Gasteiger partial charge < -0.3 is 15.4 Å². The first-order chi connectivity index (χ1) is 10.2. The van der Waals surface area contributed by atoms with Crippen LogP contribution in [0.4, 0.5) is 4.39 Å². The number of benzene rings is 1. The molecular weight excluding hydrogens is 271 g/mol. The minimum atomic E-state index is -0.284. The molecule has 0 saturated carbocycles. The molecule has 1 aromatic rings. The normalized spacial score (nSPS) is 21.9. The number of rotatable bonds is 5. The molecule has 1 fully saturated rings. The predicted molar refractivity (Wildman–Crippen MR) is 79.9 cm³/mol. The van der Waals surface area contributed by atoms with Crippen molar-refractivity contribution in [3.05, 3.63) is 29.6 Å². The number of hydrogen-bond acceptors (Lipinski definition) is 3. The van der Waals surface area contributed by atoms with E-state index in [1.54, 1.807) is 18.2 Å². The van der Waals surface area contributed by atoms with Gasteiger partial charge in [-0.3, -0.25) is 4.79 Å². The summed E-state index contributed by atoms with van der Waals surface area (Å²) in [7, 11) is 1.47. The van der Waals surface area contributed by atoms with E-state index in [4.69, 9.17) is 4.74 Å². The lowest BCUT2D eigenvalue weighted by Gasteiger charge is -2.29. The maximum atomic E-state index is 14.2. The number of likely N-dealkylation sites (N-methyl/N-ethyl adjacent to an activating group) is 1. The first-order valence-electron chi connectivity index (χ1n) is 7.48. The van der Waals surface area contributed by atoms with E-state index in [1.165, 1.54) is 7.11 Å². The van der Waals surface area contributed by atoms with E-state index < -0.39 is 0 Å². The van der Waals surface area contributed by atoms with Crippen molar-refractivity contribution >= 4 is 5.91 Å². The molecular formula is C16H23FN2O2. The highest BCUT2D eigenvalue weighted by Crippen LogP contribution is 2.26. The SMILES string of the molecule is CCNC(=O)C1CC(Cc2cccc(OC)c2F)CCN1. The lowest BCUT2D eigenvalue weighted by atomic mass is 9.86. The molecule has 1 saturated heterocycles. The first-order valence-corrected chi connectivity index (χ1v) is 7.48. The van der Waals surface area contributed by atoms with E-state index in [0.29, 0.717) is 24.4 Å². The fourth-order valence-corrected chi connectivity index (χ4v) is 2.86. The predicted octanol–water partition coefficient (Wildman–Crippen LogP) is 1.88. The average Bonchev–Trinajstić information content (AvgIpc) is 2.50. The zero-order valence-electron chi connectivity index (χ0n) is 12.6. The first kappa shape index (κ1) is 15.8. The highest BCUT2D eigenvalue weighted by atomic mass is 19.1. The molecule has 1 heterocycles. The molecule has 116 valence electrons. The Morgan fingerprint density at radius 3 is 3.05 bits per heavy atom. The molecule has 21 heavy (non-hydrogen) atoms. The third-order valence-corrected chi connectivity index (χ3v) is 3.95. The number of carbonyl (C=O) groups is 1. The van der Waals surface area contributed by atoms with Crippen LogP contribution < -0.4 is 15.4 Å². The van der Waals surface area contributed by atoms with Crippen LogP contribution in [0.2, 0.25) is 0 Å². The topological polar surface area (TPSA) is 50.4 Å². The Kier molecular flexibility index (Phi) is 5.56. The summed E-state index contributed by atoms with van der Waals surface area (Å²) in [5.74, 6) is 0.337. The summed E-state index contributed by atoms with van der Waals surface area (Å²) in [5.41, 5.74) is 0.663. The second kappa shape index (κ2) is 7.41. The van der Waals surface area contributed by atoms with E-state index in [2.05, 4.69) is 10.6 Å². The molecule has 1 aliphatic heterocycles. The van der Waals surface area contributed by atoms with Crippen LogP contribution in [-0.4, -0.2) is 32.1 Å².